The Hall–Kier alpha value is -3.73. The molecule has 0 fully saturated rings. The molecule has 0 radical (unpaired) electrons. The number of fused-ring (bicyclic) bond motifs is 10. The maximum atomic E-state index is 14.8. The van der Waals surface area contributed by atoms with Crippen molar-refractivity contribution in [2.45, 2.75) is 13.8 Å². The van der Waals surface area contributed by atoms with Crippen LogP contribution in [-0.2, 0) is 23.9 Å². The molecule has 4 atom stereocenters. The number of carbonyl (C=O) groups is 3. The molecule has 5 heteroatoms. The first kappa shape index (κ1) is 20.8. The average Bonchev–Trinajstić information content (AvgIpc) is 3.23. The third-order valence-electron chi connectivity index (χ3n) is 7.67. The third-order valence-corrected chi connectivity index (χ3v) is 7.67. The Morgan fingerprint density at radius 2 is 1.24 bits per heavy atom. The van der Waals surface area contributed by atoms with Crippen LogP contribution in [-0.4, -0.2) is 30.9 Å². The normalized spacial score (nSPS) is 29.8. The van der Waals surface area contributed by atoms with E-state index in [1.54, 1.807) is 13.8 Å². The van der Waals surface area contributed by atoms with E-state index in [0.717, 1.165) is 21.9 Å². The first-order chi connectivity index (χ1) is 16.5. The Balaban J connectivity index is 1.82. The van der Waals surface area contributed by atoms with Crippen LogP contribution in [0.4, 0.5) is 0 Å². The minimum Gasteiger partial charge on any atom is -0.465 e. The summed E-state index contributed by atoms with van der Waals surface area (Å²) in [6.07, 6.45) is 11.2. The number of rotatable bonds is 4. The van der Waals surface area contributed by atoms with Gasteiger partial charge in [-0.05, 0) is 46.9 Å². The van der Waals surface area contributed by atoms with Gasteiger partial charge in [0.2, 0.25) is 0 Å². The van der Waals surface area contributed by atoms with Crippen molar-refractivity contribution in [3.8, 4) is 0 Å². The van der Waals surface area contributed by atoms with Gasteiger partial charge in [-0.15, -0.1) is 0 Å². The molecule has 0 heterocycles. The molecule has 170 valence electrons. The maximum absolute atomic E-state index is 14.8. The van der Waals surface area contributed by atoms with Gasteiger partial charge in [-0.3, -0.25) is 14.4 Å². The molecule has 4 aliphatic rings. The molecule has 0 aromatic heterocycles. The van der Waals surface area contributed by atoms with E-state index in [4.69, 9.17) is 9.47 Å². The number of allylic oxidation sites excluding steroid dienone is 6. The Bertz CT molecular complexity index is 1310. The molecule has 0 N–H and O–H groups in total. The van der Waals surface area contributed by atoms with Crippen LogP contribution in [0.1, 0.15) is 25.0 Å². The summed E-state index contributed by atoms with van der Waals surface area (Å²) in [5.74, 6) is -2.89. The number of ether oxygens (including phenoxy) is 2. The maximum Gasteiger partial charge on any atom is 0.325 e. The van der Waals surface area contributed by atoms with Gasteiger partial charge in [0.15, 0.2) is 16.6 Å². The lowest BCUT2D eigenvalue weighted by atomic mass is 9.63. The highest BCUT2D eigenvalue weighted by molar-refractivity contribution is 6.41. The molecule has 0 saturated carbocycles. The van der Waals surface area contributed by atoms with Gasteiger partial charge in [0.05, 0.1) is 13.2 Å². The highest BCUT2D eigenvalue weighted by atomic mass is 16.5. The van der Waals surface area contributed by atoms with Crippen LogP contribution in [0.2, 0.25) is 0 Å². The number of esters is 2. The third kappa shape index (κ3) is 2.18. The number of carbonyl (C=O) groups excluding carboxylic acids is 3. The second kappa shape index (κ2) is 7.13. The number of benzene rings is 2. The van der Waals surface area contributed by atoms with E-state index in [1.165, 1.54) is 0 Å². The SMILES string of the molecule is CCOC(=O)C12C(=O)C(C(=O)OCC)(C3=C1c1cccc4cccc3c14)C1C=CC=CC2C=C1. The van der Waals surface area contributed by atoms with Gasteiger partial charge in [-0.2, -0.15) is 0 Å². The van der Waals surface area contributed by atoms with Crippen molar-refractivity contribution in [1.29, 1.82) is 0 Å². The Morgan fingerprint density at radius 1 is 0.765 bits per heavy atom. The van der Waals surface area contributed by atoms with E-state index in [9.17, 15) is 14.4 Å². The molecule has 2 aromatic carbocycles. The number of Topliss-reactive ketones (excluding diaryl/α,β-unsaturated/α-hetero) is 1. The van der Waals surface area contributed by atoms with Crippen LogP contribution >= 0.6 is 0 Å². The molecule has 4 unspecified atom stereocenters. The standard InChI is InChI=1S/C29H24O5/c1-3-33-26(31)28-18-11-5-6-12-19(16-15-18)29(25(28)30,27(32)34-4-2)24-21-14-8-10-17-9-7-13-20(22(17)21)23(24)28/h5-16,18-19H,3-4H2,1-2H3. The van der Waals surface area contributed by atoms with Gasteiger partial charge in [-0.25, -0.2) is 0 Å². The number of ketones is 1. The van der Waals surface area contributed by atoms with Crippen molar-refractivity contribution in [2.75, 3.05) is 13.2 Å². The first-order valence-corrected chi connectivity index (χ1v) is 11.7. The van der Waals surface area contributed by atoms with E-state index < -0.39 is 40.4 Å². The van der Waals surface area contributed by atoms with E-state index in [2.05, 4.69) is 0 Å². The molecule has 0 spiro atoms. The van der Waals surface area contributed by atoms with Crippen molar-refractivity contribution in [1.82, 2.24) is 0 Å². The first-order valence-electron chi connectivity index (χ1n) is 11.7. The summed E-state index contributed by atoms with van der Waals surface area (Å²) in [5.41, 5.74) is -0.552. The van der Waals surface area contributed by atoms with E-state index in [-0.39, 0.29) is 13.2 Å². The predicted molar refractivity (Wildman–Crippen MR) is 128 cm³/mol. The molecule has 5 nitrogen and oxygen atoms in total. The lowest BCUT2D eigenvalue weighted by molar-refractivity contribution is -0.164. The summed E-state index contributed by atoms with van der Waals surface area (Å²) in [6.45, 7) is 3.71. The summed E-state index contributed by atoms with van der Waals surface area (Å²) < 4.78 is 11.2. The van der Waals surface area contributed by atoms with Gasteiger partial charge in [-0.1, -0.05) is 72.9 Å². The van der Waals surface area contributed by atoms with Crippen LogP contribution in [0.25, 0.3) is 21.9 Å². The predicted octanol–water partition coefficient (Wildman–Crippen LogP) is 4.67. The van der Waals surface area contributed by atoms with Crippen molar-refractivity contribution in [3.05, 3.63) is 84.0 Å². The van der Waals surface area contributed by atoms with Gasteiger partial charge in [0, 0.05) is 11.8 Å². The van der Waals surface area contributed by atoms with Crippen molar-refractivity contribution in [3.63, 3.8) is 0 Å². The minimum atomic E-state index is -1.68. The second-order valence-corrected chi connectivity index (χ2v) is 9.05. The number of hydrogen-bond donors (Lipinski definition) is 0. The lowest BCUT2D eigenvalue weighted by Gasteiger charge is -2.36. The van der Waals surface area contributed by atoms with Crippen LogP contribution < -0.4 is 0 Å². The molecule has 4 aliphatic carbocycles. The summed E-state index contributed by atoms with van der Waals surface area (Å²) in [5, 5.41) is 1.95. The molecule has 4 bridgehead atoms. The van der Waals surface area contributed by atoms with Crippen LogP contribution in [0.5, 0.6) is 0 Å². The van der Waals surface area contributed by atoms with E-state index >= 15 is 0 Å². The molecule has 0 amide bonds. The van der Waals surface area contributed by atoms with Gasteiger partial charge < -0.3 is 9.47 Å². The smallest absolute Gasteiger partial charge is 0.325 e. The molecular weight excluding hydrogens is 428 g/mol. The zero-order valence-corrected chi connectivity index (χ0v) is 19.0. The molecular formula is C29H24O5. The summed E-state index contributed by atoms with van der Waals surface area (Å²) in [4.78, 5) is 42.8. The average molecular weight is 453 g/mol. The minimum absolute atomic E-state index is 0.127. The monoisotopic (exact) mass is 452 g/mol. The quantitative estimate of drug-likeness (QED) is 0.383. The zero-order valence-electron chi connectivity index (χ0n) is 19.0. The molecule has 6 rings (SSSR count). The fourth-order valence-electron chi connectivity index (χ4n) is 6.48. The highest BCUT2D eigenvalue weighted by Gasteiger charge is 2.75. The molecule has 34 heavy (non-hydrogen) atoms. The van der Waals surface area contributed by atoms with Gasteiger partial charge in [0.25, 0.3) is 0 Å². The van der Waals surface area contributed by atoms with Crippen LogP contribution in [0.15, 0.2) is 72.9 Å². The van der Waals surface area contributed by atoms with Crippen molar-refractivity contribution < 1.29 is 23.9 Å². The Labute approximate surface area is 197 Å². The Kier molecular flexibility index (Phi) is 4.37. The van der Waals surface area contributed by atoms with Crippen LogP contribution in [0, 0.1) is 22.7 Å². The topological polar surface area (TPSA) is 69.7 Å². The van der Waals surface area contributed by atoms with Crippen molar-refractivity contribution >= 4 is 39.6 Å². The largest absolute Gasteiger partial charge is 0.465 e. The molecule has 2 aromatic rings. The summed E-state index contributed by atoms with van der Waals surface area (Å²) in [7, 11) is 0. The molecule has 0 aliphatic heterocycles. The zero-order chi connectivity index (χ0) is 23.7. The fourth-order valence-corrected chi connectivity index (χ4v) is 6.48. The fraction of sp³-hybridized carbons (Fsp3) is 0.276. The second-order valence-electron chi connectivity index (χ2n) is 9.05. The Morgan fingerprint density at radius 3 is 1.68 bits per heavy atom. The molecule has 0 saturated heterocycles. The van der Waals surface area contributed by atoms with Crippen molar-refractivity contribution in [2.24, 2.45) is 22.7 Å². The van der Waals surface area contributed by atoms with E-state index in [1.807, 2.05) is 72.9 Å². The van der Waals surface area contributed by atoms with Gasteiger partial charge in [0.1, 0.15) is 0 Å². The lowest BCUT2D eigenvalue weighted by Crippen LogP contribution is -2.52. The highest BCUT2D eigenvalue weighted by Crippen LogP contribution is 2.70. The van der Waals surface area contributed by atoms with Crippen LogP contribution in [0.3, 0.4) is 0 Å². The summed E-state index contributed by atoms with van der Waals surface area (Å²) >= 11 is 0. The summed E-state index contributed by atoms with van der Waals surface area (Å²) in [6, 6.07) is 11.8. The van der Waals surface area contributed by atoms with E-state index in [0.29, 0.717) is 11.1 Å². The number of hydrogen-bond acceptors (Lipinski definition) is 5. The van der Waals surface area contributed by atoms with Gasteiger partial charge >= 0.3 is 11.9 Å².